The van der Waals surface area contributed by atoms with Crippen LogP contribution in [0, 0.1) is 18.7 Å². The largest absolute Gasteiger partial charge is 0.398 e. The quantitative estimate of drug-likeness (QED) is 0.853. The minimum absolute atomic E-state index is 0.155. The maximum absolute atomic E-state index is 13.6. The smallest absolute Gasteiger partial charge is 0.253 e. The van der Waals surface area contributed by atoms with Gasteiger partial charge in [0.25, 0.3) is 5.91 Å². The van der Waals surface area contributed by atoms with Gasteiger partial charge in [-0.3, -0.25) is 4.79 Å². The lowest BCUT2D eigenvalue weighted by Crippen LogP contribution is -2.31. The number of hydrogen-bond donors (Lipinski definition) is 1. The monoisotopic (exact) mass is 264 g/mol. The molecule has 4 heteroatoms. The predicted molar refractivity (Wildman–Crippen MR) is 74.5 cm³/mol. The van der Waals surface area contributed by atoms with Crippen molar-refractivity contribution in [3.8, 4) is 0 Å². The van der Waals surface area contributed by atoms with Crippen molar-refractivity contribution in [1.82, 2.24) is 4.90 Å². The van der Waals surface area contributed by atoms with Crippen LogP contribution in [-0.2, 0) is 0 Å². The van der Waals surface area contributed by atoms with Gasteiger partial charge in [-0.05, 0) is 37.8 Å². The van der Waals surface area contributed by atoms with Crippen molar-refractivity contribution in [2.75, 3.05) is 19.3 Å². The number of nitrogens with zero attached hydrogens (tertiary/aromatic N) is 1. The van der Waals surface area contributed by atoms with Crippen LogP contribution in [0.1, 0.15) is 41.6 Å². The molecule has 1 saturated carbocycles. The number of rotatable bonds is 3. The summed E-state index contributed by atoms with van der Waals surface area (Å²) < 4.78 is 13.6. The third-order valence-electron chi connectivity index (χ3n) is 3.98. The van der Waals surface area contributed by atoms with E-state index in [1.165, 1.54) is 31.7 Å². The molecule has 3 nitrogen and oxygen atoms in total. The maximum Gasteiger partial charge on any atom is 0.253 e. The lowest BCUT2D eigenvalue weighted by Gasteiger charge is -2.21. The Morgan fingerprint density at radius 1 is 1.42 bits per heavy atom. The van der Waals surface area contributed by atoms with Crippen LogP contribution in [0.15, 0.2) is 12.1 Å². The van der Waals surface area contributed by atoms with E-state index in [0.29, 0.717) is 22.7 Å². The predicted octanol–water partition coefficient (Wildman–Crippen LogP) is 2.98. The number of anilines is 1. The number of halogens is 1. The van der Waals surface area contributed by atoms with E-state index >= 15 is 0 Å². The molecule has 0 atom stereocenters. The first-order valence-corrected chi connectivity index (χ1v) is 6.80. The Hall–Kier alpha value is -1.58. The average molecular weight is 264 g/mol. The highest BCUT2D eigenvalue weighted by Gasteiger charge is 2.21. The molecule has 0 saturated heterocycles. The summed E-state index contributed by atoms with van der Waals surface area (Å²) >= 11 is 0. The van der Waals surface area contributed by atoms with E-state index in [-0.39, 0.29) is 5.91 Å². The number of carbonyl (C=O) groups is 1. The zero-order valence-electron chi connectivity index (χ0n) is 11.6. The number of carbonyl (C=O) groups excluding carboxylic acids is 1. The van der Waals surface area contributed by atoms with E-state index in [4.69, 9.17) is 5.73 Å². The molecule has 0 radical (unpaired) electrons. The Kier molecular flexibility index (Phi) is 4.08. The summed E-state index contributed by atoms with van der Waals surface area (Å²) in [5, 5.41) is 0. The Morgan fingerprint density at radius 3 is 2.63 bits per heavy atom. The van der Waals surface area contributed by atoms with Crippen LogP contribution in [-0.4, -0.2) is 24.4 Å². The summed E-state index contributed by atoms with van der Waals surface area (Å²) in [6.45, 7) is 2.36. The minimum atomic E-state index is -0.419. The Morgan fingerprint density at radius 2 is 2.05 bits per heavy atom. The third kappa shape index (κ3) is 3.06. The summed E-state index contributed by atoms with van der Waals surface area (Å²) in [6, 6.07) is 2.84. The van der Waals surface area contributed by atoms with E-state index in [9.17, 15) is 9.18 Å². The van der Waals surface area contributed by atoms with Crippen LogP contribution in [0.25, 0.3) is 0 Å². The normalized spacial score (nSPS) is 15.7. The first kappa shape index (κ1) is 13.8. The van der Waals surface area contributed by atoms with Gasteiger partial charge in [0.05, 0.1) is 0 Å². The van der Waals surface area contributed by atoms with E-state index in [0.717, 1.165) is 6.54 Å². The molecular formula is C15H21FN2O. The van der Waals surface area contributed by atoms with Gasteiger partial charge in [-0.2, -0.15) is 0 Å². The van der Waals surface area contributed by atoms with Crippen LogP contribution in [0.5, 0.6) is 0 Å². The molecule has 1 amide bonds. The van der Waals surface area contributed by atoms with E-state index in [1.807, 2.05) is 0 Å². The molecule has 1 aliphatic rings. The molecule has 19 heavy (non-hydrogen) atoms. The Labute approximate surface area is 113 Å². The first-order chi connectivity index (χ1) is 8.99. The highest BCUT2D eigenvalue weighted by molar-refractivity contribution is 5.95. The molecule has 0 unspecified atom stereocenters. The van der Waals surface area contributed by atoms with E-state index in [1.54, 1.807) is 24.9 Å². The molecular weight excluding hydrogens is 243 g/mol. The van der Waals surface area contributed by atoms with Gasteiger partial charge < -0.3 is 10.6 Å². The van der Waals surface area contributed by atoms with Crippen molar-refractivity contribution in [2.24, 2.45) is 5.92 Å². The number of nitrogens with two attached hydrogens (primary N) is 1. The maximum atomic E-state index is 13.6. The van der Waals surface area contributed by atoms with Gasteiger partial charge >= 0.3 is 0 Å². The standard InChI is InChI=1S/C15H21FN2O/c1-10-13(16)7-12(8-14(10)17)15(19)18(2)9-11-5-3-4-6-11/h7-8,11H,3-6,9,17H2,1-2H3. The van der Waals surface area contributed by atoms with Crippen LogP contribution >= 0.6 is 0 Å². The molecule has 0 aliphatic heterocycles. The summed E-state index contributed by atoms with van der Waals surface area (Å²) in [4.78, 5) is 13.9. The fourth-order valence-corrected chi connectivity index (χ4v) is 2.71. The second kappa shape index (κ2) is 5.59. The number of nitrogen functional groups attached to an aromatic ring is 1. The molecule has 0 spiro atoms. The average Bonchev–Trinajstić information content (AvgIpc) is 2.87. The van der Waals surface area contributed by atoms with Crippen molar-refractivity contribution in [1.29, 1.82) is 0 Å². The van der Waals surface area contributed by atoms with Gasteiger partial charge in [0.2, 0.25) is 0 Å². The SMILES string of the molecule is Cc1c(N)cc(C(=O)N(C)CC2CCCC2)cc1F. The van der Waals surface area contributed by atoms with Crippen molar-refractivity contribution in [2.45, 2.75) is 32.6 Å². The lowest BCUT2D eigenvalue weighted by atomic mass is 10.1. The molecule has 1 aromatic carbocycles. The van der Waals surface area contributed by atoms with E-state index in [2.05, 4.69) is 0 Å². The zero-order chi connectivity index (χ0) is 14.0. The molecule has 2 rings (SSSR count). The number of amides is 1. The van der Waals surface area contributed by atoms with Crippen LogP contribution in [0.3, 0.4) is 0 Å². The molecule has 1 aliphatic carbocycles. The molecule has 2 N–H and O–H groups in total. The van der Waals surface area contributed by atoms with Gasteiger partial charge in [0.15, 0.2) is 0 Å². The fourth-order valence-electron chi connectivity index (χ4n) is 2.71. The van der Waals surface area contributed by atoms with Crippen molar-refractivity contribution < 1.29 is 9.18 Å². The minimum Gasteiger partial charge on any atom is -0.398 e. The highest BCUT2D eigenvalue weighted by Crippen LogP contribution is 2.26. The first-order valence-electron chi connectivity index (χ1n) is 6.80. The highest BCUT2D eigenvalue weighted by atomic mass is 19.1. The van der Waals surface area contributed by atoms with Gasteiger partial charge in [0.1, 0.15) is 5.82 Å². The van der Waals surface area contributed by atoms with Gasteiger partial charge in [-0.25, -0.2) is 4.39 Å². The van der Waals surface area contributed by atoms with Crippen LogP contribution in [0.2, 0.25) is 0 Å². The molecule has 1 aromatic rings. The topological polar surface area (TPSA) is 46.3 Å². The summed E-state index contributed by atoms with van der Waals surface area (Å²) in [6.07, 6.45) is 4.86. The van der Waals surface area contributed by atoms with Crippen molar-refractivity contribution in [3.05, 3.63) is 29.1 Å². The number of hydrogen-bond acceptors (Lipinski definition) is 2. The molecule has 0 bridgehead atoms. The molecule has 0 aromatic heterocycles. The van der Waals surface area contributed by atoms with Gasteiger partial charge in [0, 0.05) is 30.4 Å². The van der Waals surface area contributed by atoms with Crippen molar-refractivity contribution >= 4 is 11.6 Å². The summed E-state index contributed by atoms with van der Waals surface area (Å²) in [5.41, 5.74) is 6.78. The lowest BCUT2D eigenvalue weighted by molar-refractivity contribution is 0.0773. The van der Waals surface area contributed by atoms with Crippen LogP contribution < -0.4 is 5.73 Å². The van der Waals surface area contributed by atoms with Gasteiger partial charge in [-0.1, -0.05) is 12.8 Å². The summed E-state index contributed by atoms with van der Waals surface area (Å²) in [5.74, 6) is 0.0108. The fraction of sp³-hybridized carbons (Fsp3) is 0.533. The second-order valence-electron chi connectivity index (χ2n) is 5.51. The molecule has 1 fully saturated rings. The molecule has 104 valence electrons. The summed E-state index contributed by atoms with van der Waals surface area (Å²) in [7, 11) is 1.77. The Bertz CT molecular complexity index is 458. The van der Waals surface area contributed by atoms with Crippen molar-refractivity contribution in [3.63, 3.8) is 0 Å². The number of benzene rings is 1. The molecule has 0 heterocycles. The van der Waals surface area contributed by atoms with E-state index < -0.39 is 5.82 Å². The third-order valence-corrected chi connectivity index (χ3v) is 3.98. The Balaban J connectivity index is 2.10. The second-order valence-corrected chi connectivity index (χ2v) is 5.51. The van der Waals surface area contributed by atoms with Crippen LogP contribution in [0.4, 0.5) is 10.1 Å². The van der Waals surface area contributed by atoms with Gasteiger partial charge in [-0.15, -0.1) is 0 Å². The zero-order valence-corrected chi connectivity index (χ0v) is 11.6.